The smallest absolute Gasteiger partial charge is 0.321 e. The number of urea groups is 1. The predicted octanol–water partition coefficient (Wildman–Crippen LogP) is 2.99. The molecule has 0 atom stereocenters. The number of carbonyl (C=O) groups is 1. The molecule has 1 aromatic carbocycles. The third-order valence-electron chi connectivity index (χ3n) is 4.97. The van der Waals surface area contributed by atoms with Gasteiger partial charge in [0, 0.05) is 43.9 Å². The lowest BCUT2D eigenvalue weighted by molar-refractivity contribution is 0.208. The lowest BCUT2D eigenvalue weighted by Crippen LogP contribution is -2.50. The van der Waals surface area contributed by atoms with Gasteiger partial charge in [0.2, 0.25) is 0 Å². The van der Waals surface area contributed by atoms with Crippen LogP contribution >= 0.6 is 11.6 Å². The second kappa shape index (κ2) is 7.27. The molecule has 28 heavy (non-hydrogen) atoms. The minimum atomic E-state index is -0.120. The Hall–Kier alpha value is -2.87. The second-order valence-corrected chi connectivity index (χ2v) is 7.38. The Morgan fingerprint density at radius 2 is 1.89 bits per heavy atom. The van der Waals surface area contributed by atoms with Gasteiger partial charge in [-0.05, 0) is 31.5 Å². The molecular formula is C19H22ClN7O. The van der Waals surface area contributed by atoms with E-state index in [-0.39, 0.29) is 6.03 Å². The van der Waals surface area contributed by atoms with E-state index in [9.17, 15) is 4.79 Å². The van der Waals surface area contributed by atoms with Crippen LogP contribution in [0.15, 0.2) is 24.4 Å². The second-order valence-electron chi connectivity index (χ2n) is 6.97. The number of hydrogen-bond acceptors (Lipinski definition) is 5. The average molecular weight is 400 g/mol. The Bertz CT molecular complexity index is 1040. The fourth-order valence-corrected chi connectivity index (χ4v) is 3.53. The van der Waals surface area contributed by atoms with Crippen LogP contribution in [-0.4, -0.2) is 56.9 Å². The van der Waals surface area contributed by atoms with E-state index in [4.69, 9.17) is 11.6 Å². The molecule has 0 aliphatic carbocycles. The molecule has 1 fully saturated rings. The highest BCUT2D eigenvalue weighted by molar-refractivity contribution is 6.31. The molecule has 0 unspecified atom stereocenters. The molecule has 0 bridgehead atoms. The zero-order valence-corrected chi connectivity index (χ0v) is 16.9. The Balaban J connectivity index is 1.45. The van der Waals surface area contributed by atoms with Crippen molar-refractivity contribution < 1.29 is 4.79 Å². The van der Waals surface area contributed by atoms with Crippen LogP contribution in [0.25, 0.3) is 11.0 Å². The van der Waals surface area contributed by atoms with E-state index >= 15 is 0 Å². The van der Waals surface area contributed by atoms with Crippen molar-refractivity contribution >= 4 is 40.2 Å². The number of carbonyl (C=O) groups excluding carboxylic acids is 1. The molecule has 2 amide bonds. The van der Waals surface area contributed by atoms with E-state index in [0.717, 1.165) is 22.4 Å². The summed E-state index contributed by atoms with van der Waals surface area (Å²) >= 11 is 6.14. The molecule has 3 aromatic rings. The van der Waals surface area contributed by atoms with Gasteiger partial charge < -0.3 is 15.1 Å². The summed E-state index contributed by atoms with van der Waals surface area (Å²) in [6, 6.07) is 5.41. The molecule has 1 aliphatic heterocycles. The van der Waals surface area contributed by atoms with E-state index in [1.54, 1.807) is 21.8 Å². The molecule has 3 heterocycles. The van der Waals surface area contributed by atoms with Crippen LogP contribution in [0.5, 0.6) is 0 Å². The quantitative estimate of drug-likeness (QED) is 0.716. The lowest BCUT2D eigenvalue weighted by Gasteiger charge is -2.35. The number of rotatable bonds is 2. The van der Waals surface area contributed by atoms with Crippen LogP contribution in [0.2, 0.25) is 5.02 Å². The molecule has 0 radical (unpaired) electrons. The van der Waals surface area contributed by atoms with Crippen LogP contribution in [0.4, 0.5) is 16.3 Å². The van der Waals surface area contributed by atoms with E-state index in [1.165, 1.54) is 0 Å². The topological polar surface area (TPSA) is 79.2 Å². The number of piperazine rings is 1. The molecule has 0 saturated carbocycles. The zero-order chi connectivity index (χ0) is 19.8. The van der Waals surface area contributed by atoms with Gasteiger partial charge in [-0.1, -0.05) is 17.7 Å². The van der Waals surface area contributed by atoms with Crippen molar-refractivity contribution in [3.8, 4) is 0 Å². The maximum Gasteiger partial charge on any atom is 0.321 e. The molecule has 1 N–H and O–H groups in total. The summed E-state index contributed by atoms with van der Waals surface area (Å²) in [5, 5.41) is 8.79. The van der Waals surface area contributed by atoms with Gasteiger partial charge in [0.15, 0.2) is 5.65 Å². The Morgan fingerprint density at radius 3 is 2.61 bits per heavy atom. The summed E-state index contributed by atoms with van der Waals surface area (Å²) < 4.78 is 1.75. The van der Waals surface area contributed by atoms with E-state index < -0.39 is 0 Å². The number of hydrogen-bond donors (Lipinski definition) is 1. The summed E-state index contributed by atoms with van der Waals surface area (Å²) in [6.45, 7) is 6.42. The van der Waals surface area contributed by atoms with E-state index in [2.05, 4.69) is 25.3 Å². The monoisotopic (exact) mass is 399 g/mol. The number of benzene rings is 1. The normalized spacial score (nSPS) is 14.6. The number of anilines is 2. The summed E-state index contributed by atoms with van der Waals surface area (Å²) in [6.07, 6.45) is 1.80. The Morgan fingerprint density at radius 1 is 1.14 bits per heavy atom. The summed E-state index contributed by atoms with van der Waals surface area (Å²) in [5.74, 6) is 1.59. The van der Waals surface area contributed by atoms with Crippen molar-refractivity contribution in [2.24, 2.45) is 7.05 Å². The number of aryl methyl sites for hydroxylation is 3. The number of nitrogens with one attached hydrogen (secondary N) is 1. The third kappa shape index (κ3) is 3.47. The molecule has 8 nitrogen and oxygen atoms in total. The van der Waals surface area contributed by atoms with Gasteiger partial charge in [0.1, 0.15) is 11.6 Å². The molecule has 146 valence electrons. The first-order valence-corrected chi connectivity index (χ1v) is 9.53. The summed E-state index contributed by atoms with van der Waals surface area (Å²) in [5.41, 5.74) is 2.50. The zero-order valence-electron chi connectivity index (χ0n) is 16.1. The predicted molar refractivity (Wildman–Crippen MR) is 110 cm³/mol. The van der Waals surface area contributed by atoms with Crippen molar-refractivity contribution in [1.29, 1.82) is 0 Å². The largest absolute Gasteiger partial charge is 0.352 e. The highest BCUT2D eigenvalue weighted by Crippen LogP contribution is 2.25. The molecule has 0 spiro atoms. The fraction of sp³-hybridized carbons (Fsp3) is 0.368. The molecular weight excluding hydrogens is 378 g/mol. The van der Waals surface area contributed by atoms with Crippen LogP contribution in [0.1, 0.15) is 11.4 Å². The van der Waals surface area contributed by atoms with Crippen LogP contribution in [0.3, 0.4) is 0 Å². The van der Waals surface area contributed by atoms with Crippen molar-refractivity contribution in [2.45, 2.75) is 13.8 Å². The third-order valence-corrected chi connectivity index (χ3v) is 5.38. The maximum absolute atomic E-state index is 12.6. The Kier molecular flexibility index (Phi) is 4.80. The first kappa shape index (κ1) is 18.5. The number of aromatic nitrogens is 4. The van der Waals surface area contributed by atoms with Gasteiger partial charge in [-0.25, -0.2) is 14.8 Å². The van der Waals surface area contributed by atoms with Crippen molar-refractivity contribution in [3.05, 3.63) is 40.8 Å². The molecule has 9 heteroatoms. The molecule has 1 saturated heterocycles. The van der Waals surface area contributed by atoms with Gasteiger partial charge >= 0.3 is 6.03 Å². The standard InChI is InChI=1S/C19H22ClN7O/c1-12-4-5-14(10-16(12)20)24-19(28)27-8-6-26(7-9-27)18-15-11-21-25(3)17(15)22-13(2)23-18/h4-5,10-11H,6-9H2,1-3H3,(H,24,28). The van der Waals surface area contributed by atoms with Crippen molar-refractivity contribution in [3.63, 3.8) is 0 Å². The van der Waals surface area contributed by atoms with Crippen molar-refractivity contribution in [1.82, 2.24) is 24.6 Å². The van der Waals surface area contributed by atoms with Crippen molar-refractivity contribution in [2.75, 3.05) is 36.4 Å². The molecule has 4 rings (SSSR count). The molecule has 2 aromatic heterocycles. The maximum atomic E-state index is 12.6. The average Bonchev–Trinajstić information content (AvgIpc) is 3.05. The molecule has 1 aliphatic rings. The fourth-order valence-electron chi connectivity index (χ4n) is 3.35. The summed E-state index contributed by atoms with van der Waals surface area (Å²) in [4.78, 5) is 25.7. The first-order valence-electron chi connectivity index (χ1n) is 9.16. The SMILES string of the molecule is Cc1nc(N2CCN(C(=O)Nc3ccc(C)c(Cl)c3)CC2)c2cnn(C)c2n1. The number of halogens is 1. The minimum absolute atomic E-state index is 0.120. The van der Waals surface area contributed by atoms with Gasteiger partial charge in [-0.15, -0.1) is 0 Å². The van der Waals surface area contributed by atoms with E-state index in [1.807, 2.05) is 33.0 Å². The van der Waals surface area contributed by atoms with Crippen LogP contribution in [0, 0.1) is 13.8 Å². The highest BCUT2D eigenvalue weighted by Gasteiger charge is 2.24. The van der Waals surface area contributed by atoms with Gasteiger partial charge in [0.05, 0.1) is 11.6 Å². The Labute approximate surface area is 168 Å². The van der Waals surface area contributed by atoms with Crippen LogP contribution < -0.4 is 10.2 Å². The first-order chi connectivity index (χ1) is 13.4. The highest BCUT2D eigenvalue weighted by atomic mass is 35.5. The van der Waals surface area contributed by atoms with E-state index in [0.29, 0.717) is 42.7 Å². The number of nitrogens with zero attached hydrogens (tertiary/aromatic N) is 6. The summed E-state index contributed by atoms with van der Waals surface area (Å²) in [7, 11) is 1.87. The number of amides is 2. The van der Waals surface area contributed by atoms with Gasteiger partial charge in [-0.3, -0.25) is 4.68 Å². The van der Waals surface area contributed by atoms with Crippen LogP contribution in [-0.2, 0) is 7.05 Å². The van der Waals surface area contributed by atoms with Gasteiger partial charge in [-0.2, -0.15) is 5.10 Å². The number of fused-ring (bicyclic) bond motifs is 1. The minimum Gasteiger partial charge on any atom is -0.352 e. The lowest BCUT2D eigenvalue weighted by atomic mass is 10.2. The van der Waals surface area contributed by atoms with Gasteiger partial charge in [0.25, 0.3) is 0 Å².